The number of anilines is 1. The molecule has 0 saturated carbocycles. The fourth-order valence-electron chi connectivity index (χ4n) is 5.25. The molecule has 7 heteroatoms. The average Bonchev–Trinajstić information content (AvgIpc) is 2.98. The highest BCUT2D eigenvalue weighted by Gasteiger charge is 2.28. The van der Waals surface area contributed by atoms with Crippen LogP contribution in [-0.2, 0) is 0 Å². The van der Waals surface area contributed by atoms with Gasteiger partial charge in [0.25, 0.3) is 5.91 Å². The van der Waals surface area contributed by atoms with Crippen LogP contribution in [0.3, 0.4) is 0 Å². The number of pyridine rings is 1. The number of carbonyl (C=O) groups excluding carboxylic acids is 1. The highest BCUT2D eigenvalue weighted by molar-refractivity contribution is 5.99. The molecule has 38 heavy (non-hydrogen) atoms. The number of piperazine rings is 1. The number of rotatable bonds is 7. The molecule has 2 fully saturated rings. The molecule has 1 unspecified atom stereocenters. The molecule has 0 aliphatic carbocycles. The summed E-state index contributed by atoms with van der Waals surface area (Å²) in [6.45, 7) is 5.39. The molecule has 0 radical (unpaired) electrons. The van der Waals surface area contributed by atoms with Crippen molar-refractivity contribution in [1.29, 1.82) is 0 Å². The summed E-state index contributed by atoms with van der Waals surface area (Å²) in [4.78, 5) is 25.1. The summed E-state index contributed by atoms with van der Waals surface area (Å²) < 4.78 is 13.5. The number of benzene rings is 2. The minimum Gasteiger partial charge on any atom is -0.396 e. The lowest BCUT2D eigenvalue weighted by Crippen LogP contribution is -2.49. The first-order valence-electron chi connectivity index (χ1n) is 13.5. The number of hydrogen-bond donors (Lipinski definition) is 1. The number of carbonyl (C=O) groups is 1. The van der Waals surface area contributed by atoms with E-state index < -0.39 is 0 Å². The Balaban J connectivity index is 1.30. The molecule has 5 rings (SSSR count). The standard InChI is InChI=1S/C31H35FN4O2/c32-27-12-10-26(11-13-27)29-15-14-28(30(33-29)36-17-5-9-25(22-36)23-37)31(38)35-20-18-34(19-21-35)16-4-8-24-6-2-1-3-7-24/h1-4,6-8,10-15,25,37H,5,9,16-23H2/b8-4+. The van der Waals surface area contributed by atoms with E-state index >= 15 is 0 Å². The molecule has 1 aromatic heterocycles. The molecule has 2 aliphatic heterocycles. The maximum absolute atomic E-state index is 13.7. The van der Waals surface area contributed by atoms with Gasteiger partial charge in [0.2, 0.25) is 0 Å². The van der Waals surface area contributed by atoms with E-state index in [2.05, 4.69) is 34.1 Å². The number of hydrogen-bond acceptors (Lipinski definition) is 5. The first-order chi connectivity index (χ1) is 18.6. The third kappa shape index (κ3) is 6.29. The van der Waals surface area contributed by atoms with E-state index in [1.54, 1.807) is 12.1 Å². The lowest BCUT2D eigenvalue weighted by Gasteiger charge is -2.36. The van der Waals surface area contributed by atoms with Crippen molar-refractivity contribution < 1.29 is 14.3 Å². The second-order valence-electron chi connectivity index (χ2n) is 10.1. The average molecular weight is 515 g/mol. The van der Waals surface area contributed by atoms with Crippen LogP contribution >= 0.6 is 0 Å². The molecule has 1 atom stereocenters. The highest BCUT2D eigenvalue weighted by atomic mass is 19.1. The van der Waals surface area contributed by atoms with Crippen LogP contribution in [0.1, 0.15) is 28.8 Å². The fraction of sp³-hybridized carbons (Fsp3) is 0.355. The summed E-state index contributed by atoms with van der Waals surface area (Å²) in [6, 6.07) is 20.2. The number of piperidine rings is 1. The molecular weight excluding hydrogens is 479 g/mol. The van der Waals surface area contributed by atoms with Gasteiger partial charge in [-0.05, 0) is 60.7 Å². The van der Waals surface area contributed by atoms with Crippen LogP contribution in [0.25, 0.3) is 17.3 Å². The number of amides is 1. The summed E-state index contributed by atoms with van der Waals surface area (Å²) in [5.74, 6) is 0.514. The van der Waals surface area contributed by atoms with Gasteiger partial charge in [0.1, 0.15) is 11.6 Å². The number of aliphatic hydroxyl groups is 1. The van der Waals surface area contributed by atoms with Crippen LogP contribution in [0.4, 0.5) is 10.2 Å². The van der Waals surface area contributed by atoms with E-state index in [9.17, 15) is 14.3 Å². The lowest BCUT2D eigenvalue weighted by atomic mass is 9.98. The summed E-state index contributed by atoms with van der Waals surface area (Å²) in [6.07, 6.45) is 6.22. The molecular formula is C31H35FN4O2. The minimum absolute atomic E-state index is 0.0104. The Hall–Kier alpha value is -3.55. The molecule has 2 saturated heterocycles. The number of aromatic nitrogens is 1. The van der Waals surface area contributed by atoms with Crippen molar-refractivity contribution in [3.63, 3.8) is 0 Å². The van der Waals surface area contributed by atoms with Crippen molar-refractivity contribution in [1.82, 2.24) is 14.8 Å². The quantitative estimate of drug-likeness (QED) is 0.501. The Morgan fingerprint density at radius 3 is 2.47 bits per heavy atom. The van der Waals surface area contributed by atoms with E-state index in [1.165, 1.54) is 17.7 Å². The van der Waals surface area contributed by atoms with Crippen LogP contribution in [-0.4, -0.2) is 78.2 Å². The third-order valence-corrected chi connectivity index (χ3v) is 7.46. The molecule has 2 aromatic carbocycles. The monoisotopic (exact) mass is 514 g/mol. The van der Waals surface area contributed by atoms with Crippen LogP contribution < -0.4 is 4.90 Å². The predicted molar refractivity (Wildman–Crippen MR) is 149 cm³/mol. The zero-order chi connectivity index (χ0) is 26.3. The van der Waals surface area contributed by atoms with Crippen molar-refractivity contribution in [2.45, 2.75) is 12.8 Å². The number of nitrogens with zero attached hydrogens (tertiary/aromatic N) is 4. The maximum atomic E-state index is 13.7. The maximum Gasteiger partial charge on any atom is 0.257 e. The predicted octanol–water partition coefficient (Wildman–Crippen LogP) is 4.57. The molecule has 3 aromatic rings. The van der Waals surface area contributed by atoms with Crippen molar-refractivity contribution in [3.8, 4) is 11.3 Å². The van der Waals surface area contributed by atoms with Gasteiger partial charge in [-0.2, -0.15) is 0 Å². The molecule has 0 spiro atoms. The molecule has 2 aliphatic rings. The van der Waals surface area contributed by atoms with Crippen molar-refractivity contribution in [3.05, 3.63) is 89.8 Å². The van der Waals surface area contributed by atoms with Gasteiger partial charge in [0.15, 0.2) is 0 Å². The largest absolute Gasteiger partial charge is 0.396 e. The van der Waals surface area contributed by atoms with Gasteiger partial charge in [0, 0.05) is 58.0 Å². The van der Waals surface area contributed by atoms with E-state index in [-0.39, 0.29) is 24.2 Å². The highest BCUT2D eigenvalue weighted by Crippen LogP contribution is 2.29. The zero-order valence-electron chi connectivity index (χ0n) is 21.7. The van der Waals surface area contributed by atoms with Crippen molar-refractivity contribution in [2.75, 3.05) is 57.3 Å². The van der Waals surface area contributed by atoms with E-state index in [0.29, 0.717) is 36.7 Å². The van der Waals surface area contributed by atoms with E-state index in [4.69, 9.17) is 4.98 Å². The Labute approximate surface area is 224 Å². The van der Waals surface area contributed by atoms with Gasteiger partial charge < -0.3 is 14.9 Å². The van der Waals surface area contributed by atoms with Crippen LogP contribution in [0, 0.1) is 11.7 Å². The summed E-state index contributed by atoms with van der Waals surface area (Å²) >= 11 is 0. The molecule has 6 nitrogen and oxygen atoms in total. The fourth-order valence-corrected chi connectivity index (χ4v) is 5.25. The minimum atomic E-state index is -0.294. The van der Waals surface area contributed by atoms with Gasteiger partial charge in [-0.3, -0.25) is 9.69 Å². The number of aliphatic hydroxyl groups excluding tert-OH is 1. The van der Waals surface area contributed by atoms with Crippen LogP contribution in [0.2, 0.25) is 0 Å². The van der Waals surface area contributed by atoms with Gasteiger partial charge in [-0.1, -0.05) is 42.5 Å². The Morgan fingerprint density at radius 1 is 0.974 bits per heavy atom. The molecule has 1 amide bonds. The Kier molecular flexibility index (Phi) is 8.46. The normalized spacial score (nSPS) is 18.7. The SMILES string of the molecule is O=C(c1ccc(-c2ccc(F)cc2)nc1N1CCCC(CO)C1)N1CCN(C/C=C/c2ccccc2)CC1. The van der Waals surface area contributed by atoms with E-state index in [0.717, 1.165) is 44.6 Å². The van der Waals surface area contributed by atoms with Crippen LogP contribution in [0.15, 0.2) is 72.8 Å². The topological polar surface area (TPSA) is 59.9 Å². The van der Waals surface area contributed by atoms with Gasteiger partial charge in [0.05, 0.1) is 11.3 Å². The molecule has 0 bridgehead atoms. The Morgan fingerprint density at radius 2 is 1.74 bits per heavy atom. The van der Waals surface area contributed by atoms with Gasteiger partial charge >= 0.3 is 0 Å². The smallest absolute Gasteiger partial charge is 0.257 e. The third-order valence-electron chi connectivity index (χ3n) is 7.46. The van der Waals surface area contributed by atoms with Crippen LogP contribution in [0.5, 0.6) is 0 Å². The van der Waals surface area contributed by atoms with Gasteiger partial charge in [-0.15, -0.1) is 0 Å². The molecule has 198 valence electrons. The first kappa shape index (κ1) is 26.1. The van der Waals surface area contributed by atoms with E-state index in [1.807, 2.05) is 35.2 Å². The summed E-state index contributed by atoms with van der Waals surface area (Å²) in [5.41, 5.74) is 3.29. The Bertz CT molecular complexity index is 1240. The zero-order valence-corrected chi connectivity index (χ0v) is 21.7. The number of halogens is 1. The van der Waals surface area contributed by atoms with Crippen molar-refractivity contribution in [2.24, 2.45) is 5.92 Å². The second kappa shape index (κ2) is 12.3. The second-order valence-corrected chi connectivity index (χ2v) is 10.1. The summed E-state index contributed by atoms with van der Waals surface area (Å²) in [7, 11) is 0. The van der Waals surface area contributed by atoms with Crippen molar-refractivity contribution >= 4 is 17.8 Å². The lowest BCUT2D eigenvalue weighted by molar-refractivity contribution is 0.0650. The van der Waals surface area contributed by atoms with Gasteiger partial charge in [-0.25, -0.2) is 9.37 Å². The summed E-state index contributed by atoms with van der Waals surface area (Å²) in [5, 5.41) is 9.78. The molecule has 1 N–H and O–H groups in total. The first-order valence-corrected chi connectivity index (χ1v) is 13.5. The molecule has 3 heterocycles.